The average Bonchev–Trinajstić information content (AvgIpc) is 3.42. The fourth-order valence-electron chi connectivity index (χ4n) is 4.75. The summed E-state index contributed by atoms with van der Waals surface area (Å²) in [6.45, 7) is 6.82. The molecular weight excluding hydrogens is 408 g/mol. The molecule has 2 aromatic heterocycles. The van der Waals surface area contributed by atoms with E-state index in [4.69, 9.17) is 9.47 Å². The van der Waals surface area contributed by atoms with Crippen LogP contribution in [0.25, 0.3) is 10.9 Å². The highest BCUT2D eigenvalue weighted by atomic mass is 16.5. The van der Waals surface area contributed by atoms with Gasteiger partial charge in [0.1, 0.15) is 18.0 Å². The number of fused-ring (bicyclic) bond motifs is 3. The number of benzene rings is 1. The molecule has 0 amide bonds. The maximum Gasteiger partial charge on any atom is 0.306 e. The molecule has 0 unspecified atom stereocenters. The summed E-state index contributed by atoms with van der Waals surface area (Å²) in [5, 5.41) is 24.6. The molecule has 8 heteroatoms. The molecule has 2 atom stereocenters. The van der Waals surface area contributed by atoms with Gasteiger partial charge in [-0.3, -0.25) is 9.48 Å². The highest BCUT2D eigenvalue weighted by Crippen LogP contribution is 2.45. The smallest absolute Gasteiger partial charge is 0.306 e. The van der Waals surface area contributed by atoms with E-state index < -0.39 is 11.6 Å². The van der Waals surface area contributed by atoms with E-state index in [1.165, 1.54) is 0 Å². The number of nitriles is 1. The number of aliphatic carboxylic acids is 1. The molecule has 0 saturated carbocycles. The molecule has 32 heavy (non-hydrogen) atoms. The Kier molecular flexibility index (Phi) is 5.94. The van der Waals surface area contributed by atoms with Crippen LogP contribution in [0, 0.1) is 18.3 Å². The minimum Gasteiger partial charge on any atom is -0.491 e. The Bertz CT molecular complexity index is 1180. The van der Waals surface area contributed by atoms with E-state index in [-0.39, 0.29) is 12.5 Å². The number of carbonyl (C=O) groups is 1. The number of carboxylic acids is 1. The molecule has 3 heterocycles. The number of rotatable bonds is 8. The quantitative estimate of drug-likeness (QED) is 0.546. The molecule has 3 aromatic rings. The van der Waals surface area contributed by atoms with E-state index in [0.29, 0.717) is 37.4 Å². The number of ether oxygens (including phenoxy) is 2. The van der Waals surface area contributed by atoms with Crippen LogP contribution in [0.2, 0.25) is 0 Å². The van der Waals surface area contributed by atoms with Gasteiger partial charge in [-0.25, -0.2) is 0 Å². The first-order valence-electron chi connectivity index (χ1n) is 11.0. The summed E-state index contributed by atoms with van der Waals surface area (Å²) >= 11 is 0. The van der Waals surface area contributed by atoms with E-state index in [0.717, 1.165) is 34.1 Å². The molecule has 0 radical (unpaired) electrons. The average molecular weight is 437 g/mol. The Hall–Kier alpha value is -3.31. The minimum atomic E-state index is -0.915. The predicted molar refractivity (Wildman–Crippen MR) is 119 cm³/mol. The number of hydrogen-bond donors (Lipinski definition) is 2. The van der Waals surface area contributed by atoms with Crippen LogP contribution in [0.15, 0.2) is 24.5 Å². The van der Waals surface area contributed by atoms with Crippen molar-refractivity contribution in [3.63, 3.8) is 0 Å². The van der Waals surface area contributed by atoms with Crippen molar-refractivity contribution in [3.05, 3.63) is 46.9 Å². The zero-order valence-corrected chi connectivity index (χ0v) is 18.6. The Morgan fingerprint density at radius 3 is 3.00 bits per heavy atom. The van der Waals surface area contributed by atoms with Crippen molar-refractivity contribution in [1.29, 1.82) is 5.26 Å². The Labute approximate surface area is 186 Å². The number of hydrogen-bond acceptors (Lipinski definition) is 5. The van der Waals surface area contributed by atoms with Crippen LogP contribution in [0.5, 0.6) is 5.75 Å². The molecule has 8 nitrogen and oxygen atoms in total. The number of aromatic nitrogens is 3. The summed E-state index contributed by atoms with van der Waals surface area (Å²) < 4.78 is 14.0. The summed E-state index contributed by atoms with van der Waals surface area (Å²) in [7, 11) is 0. The van der Waals surface area contributed by atoms with Crippen molar-refractivity contribution < 1.29 is 19.4 Å². The maximum atomic E-state index is 11.7. The molecule has 1 aliphatic heterocycles. The second kappa shape index (κ2) is 8.67. The molecule has 2 N–H and O–H groups in total. The van der Waals surface area contributed by atoms with Crippen LogP contribution in [0.1, 0.15) is 61.5 Å². The molecule has 0 fully saturated rings. The molecule has 168 valence electrons. The van der Waals surface area contributed by atoms with E-state index >= 15 is 0 Å². The van der Waals surface area contributed by atoms with Crippen molar-refractivity contribution >= 4 is 16.9 Å². The van der Waals surface area contributed by atoms with Crippen molar-refractivity contribution in [2.24, 2.45) is 0 Å². The first-order valence-corrected chi connectivity index (χ1v) is 11.0. The summed E-state index contributed by atoms with van der Waals surface area (Å²) in [5.74, 6) is -0.272. The van der Waals surface area contributed by atoms with Crippen molar-refractivity contribution in [2.75, 3.05) is 13.2 Å². The minimum absolute atomic E-state index is 0.0312. The van der Waals surface area contributed by atoms with Crippen molar-refractivity contribution in [2.45, 2.75) is 58.1 Å². The van der Waals surface area contributed by atoms with Crippen LogP contribution < -0.4 is 4.74 Å². The van der Waals surface area contributed by atoms with Crippen LogP contribution in [-0.4, -0.2) is 39.1 Å². The van der Waals surface area contributed by atoms with Gasteiger partial charge in [0.05, 0.1) is 41.9 Å². The first-order chi connectivity index (χ1) is 15.4. The number of H-pyrrole nitrogens is 1. The van der Waals surface area contributed by atoms with Gasteiger partial charge in [-0.05, 0) is 44.4 Å². The monoisotopic (exact) mass is 436 g/mol. The Morgan fingerprint density at radius 2 is 2.34 bits per heavy atom. The van der Waals surface area contributed by atoms with Crippen molar-refractivity contribution in [1.82, 2.24) is 14.8 Å². The second-order valence-corrected chi connectivity index (χ2v) is 8.45. The van der Waals surface area contributed by atoms with Gasteiger partial charge >= 0.3 is 5.97 Å². The third-order valence-corrected chi connectivity index (χ3v) is 6.25. The standard InChI is InChI=1S/C24H28N4O4/c1-4-7-24(12-20(29)30)23-18(6-10-32-24)21-17(13-25)11-19(16(3)22(21)27-23)31-14-15(2)28-9-5-8-26-28/h5,8-9,11,15,27H,4,6-7,10,12,14H2,1-3H3,(H,29,30)/t15-,24+/m0/s1. The van der Waals surface area contributed by atoms with E-state index in [1.807, 2.05) is 37.7 Å². The maximum absolute atomic E-state index is 11.7. The predicted octanol–water partition coefficient (Wildman–Crippen LogP) is 4.23. The summed E-state index contributed by atoms with van der Waals surface area (Å²) in [5.41, 5.74) is 3.07. The number of carboxylic acid groups (broad SMARTS) is 1. The zero-order chi connectivity index (χ0) is 22.9. The molecule has 0 aliphatic carbocycles. The highest BCUT2D eigenvalue weighted by Gasteiger charge is 2.42. The Balaban J connectivity index is 1.79. The van der Waals surface area contributed by atoms with E-state index in [9.17, 15) is 15.2 Å². The SMILES string of the molecule is CCC[C@]1(CC(=O)O)OCCc2c1[nH]c1c(C)c(OC[C@H](C)n3cccn3)cc(C#N)c21. The van der Waals surface area contributed by atoms with Gasteiger partial charge in [-0.15, -0.1) is 0 Å². The van der Waals surface area contributed by atoms with Crippen LogP contribution in [0.3, 0.4) is 0 Å². The molecule has 0 saturated heterocycles. The molecular formula is C24H28N4O4. The molecule has 0 spiro atoms. The molecule has 0 bridgehead atoms. The van der Waals surface area contributed by atoms with E-state index in [1.54, 1.807) is 12.3 Å². The van der Waals surface area contributed by atoms with Crippen LogP contribution in [0.4, 0.5) is 0 Å². The largest absolute Gasteiger partial charge is 0.491 e. The lowest BCUT2D eigenvalue weighted by atomic mass is 9.84. The molecule has 4 rings (SSSR count). The van der Waals surface area contributed by atoms with Gasteiger partial charge < -0.3 is 19.6 Å². The molecule has 1 aliphatic rings. The number of nitrogens with zero attached hydrogens (tertiary/aromatic N) is 3. The Morgan fingerprint density at radius 1 is 1.53 bits per heavy atom. The fraction of sp³-hybridized carbons (Fsp3) is 0.458. The van der Waals surface area contributed by atoms with Crippen molar-refractivity contribution in [3.8, 4) is 11.8 Å². The van der Waals surface area contributed by atoms with Crippen LogP contribution >= 0.6 is 0 Å². The zero-order valence-electron chi connectivity index (χ0n) is 18.6. The van der Waals surface area contributed by atoms with Gasteiger partial charge in [-0.1, -0.05) is 13.3 Å². The van der Waals surface area contributed by atoms with Crippen LogP contribution in [-0.2, 0) is 21.6 Å². The van der Waals surface area contributed by atoms with E-state index in [2.05, 4.69) is 16.2 Å². The topological polar surface area (TPSA) is 113 Å². The second-order valence-electron chi connectivity index (χ2n) is 8.45. The molecule has 1 aromatic carbocycles. The highest BCUT2D eigenvalue weighted by molar-refractivity contribution is 5.94. The van der Waals surface area contributed by atoms with Gasteiger partial charge in [0.25, 0.3) is 0 Å². The van der Waals surface area contributed by atoms with Gasteiger partial charge in [-0.2, -0.15) is 10.4 Å². The summed E-state index contributed by atoms with van der Waals surface area (Å²) in [6, 6.07) is 6.00. The summed E-state index contributed by atoms with van der Waals surface area (Å²) in [6.07, 6.45) is 5.50. The van der Waals surface area contributed by atoms with Gasteiger partial charge in [0, 0.05) is 23.3 Å². The summed E-state index contributed by atoms with van der Waals surface area (Å²) in [4.78, 5) is 15.1. The first kappa shape index (κ1) is 21.9. The normalized spacial score (nSPS) is 18.8. The third kappa shape index (κ3) is 3.73. The van der Waals surface area contributed by atoms with Gasteiger partial charge in [0.15, 0.2) is 0 Å². The lowest BCUT2D eigenvalue weighted by Gasteiger charge is -2.36. The number of aryl methyl sites for hydroxylation is 1. The fourth-order valence-corrected chi connectivity index (χ4v) is 4.75. The third-order valence-electron chi connectivity index (χ3n) is 6.25. The lowest BCUT2D eigenvalue weighted by molar-refractivity contribution is -0.149. The number of nitrogens with one attached hydrogen (secondary N) is 1. The van der Waals surface area contributed by atoms with Gasteiger partial charge in [0.2, 0.25) is 0 Å². The number of aromatic amines is 1. The lowest BCUT2D eigenvalue weighted by Crippen LogP contribution is -2.37.